The molecule has 1 heterocycles. The van der Waals surface area contributed by atoms with Gasteiger partial charge in [0.15, 0.2) is 0 Å². The molecule has 16 heavy (non-hydrogen) atoms. The van der Waals surface area contributed by atoms with Crippen molar-refractivity contribution in [1.82, 2.24) is 0 Å². The smallest absolute Gasteiger partial charge is 0.335 e. The average Bonchev–Trinajstić information content (AvgIpc) is 2.64. The maximum atomic E-state index is 13.2. The molecule has 0 unspecified atom stereocenters. The predicted molar refractivity (Wildman–Crippen MR) is 61.7 cm³/mol. The fourth-order valence-electron chi connectivity index (χ4n) is 1.32. The van der Waals surface area contributed by atoms with Gasteiger partial charge in [0, 0.05) is 4.88 Å². The van der Waals surface area contributed by atoms with Gasteiger partial charge in [0.05, 0.1) is 9.90 Å². The number of rotatable bonds is 2. The Labute approximate surface area is 99.9 Å². The third-order valence-electron chi connectivity index (χ3n) is 2.00. The van der Waals surface area contributed by atoms with E-state index < -0.39 is 11.8 Å². The van der Waals surface area contributed by atoms with Crippen molar-refractivity contribution >= 4 is 28.9 Å². The zero-order valence-corrected chi connectivity index (χ0v) is 9.48. The maximum Gasteiger partial charge on any atom is 0.335 e. The van der Waals surface area contributed by atoms with Gasteiger partial charge >= 0.3 is 5.97 Å². The molecule has 2 nitrogen and oxygen atoms in total. The molecule has 0 aliphatic heterocycles. The van der Waals surface area contributed by atoms with Gasteiger partial charge in [0.1, 0.15) is 5.82 Å². The normalized spacial score (nSPS) is 10.4. The summed E-state index contributed by atoms with van der Waals surface area (Å²) in [5.41, 5.74) is 0.453. The molecule has 82 valence electrons. The molecule has 2 aromatic rings. The quantitative estimate of drug-likeness (QED) is 0.885. The van der Waals surface area contributed by atoms with Gasteiger partial charge in [-0.25, -0.2) is 9.18 Å². The molecule has 1 N–H and O–H groups in total. The van der Waals surface area contributed by atoms with Crippen LogP contribution in [0.3, 0.4) is 0 Å². The lowest BCUT2D eigenvalue weighted by molar-refractivity contribution is 0.0696. The standard InChI is InChI=1S/C11H6ClFO2S/c12-10-2-1-9(16-10)6-3-7(11(14)15)5-8(13)4-6/h1-5H,(H,14,15). The van der Waals surface area contributed by atoms with E-state index in [0.717, 1.165) is 10.9 Å². The van der Waals surface area contributed by atoms with Gasteiger partial charge in [-0.15, -0.1) is 11.3 Å². The highest BCUT2D eigenvalue weighted by atomic mass is 35.5. The largest absolute Gasteiger partial charge is 0.478 e. The number of benzene rings is 1. The molecule has 0 fully saturated rings. The summed E-state index contributed by atoms with van der Waals surface area (Å²) in [6.07, 6.45) is 0. The number of hydrogen-bond acceptors (Lipinski definition) is 2. The molecule has 0 saturated carbocycles. The van der Waals surface area contributed by atoms with E-state index in [1.54, 1.807) is 12.1 Å². The van der Waals surface area contributed by atoms with Crippen molar-refractivity contribution in [1.29, 1.82) is 0 Å². The third kappa shape index (κ3) is 2.23. The van der Waals surface area contributed by atoms with Crippen LogP contribution in [-0.4, -0.2) is 11.1 Å². The Bertz CT molecular complexity index is 551. The van der Waals surface area contributed by atoms with Crippen LogP contribution in [0, 0.1) is 5.82 Å². The van der Waals surface area contributed by atoms with E-state index >= 15 is 0 Å². The lowest BCUT2D eigenvalue weighted by atomic mass is 10.1. The van der Waals surface area contributed by atoms with Crippen LogP contribution in [-0.2, 0) is 0 Å². The fraction of sp³-hybridized carbons (Fsp3) is 0. The van der Waals surface area contributed by atoms with Crippen LogP contribution in [0.4, 0.5) is 4.39 Å². The van der Waals surface area contributed by atoms with Crippen LogP contribution in [0.5, 0.6) is 0 Å². The van der Waals surface area contributed by atoms with Gasteiger partial charge in [-0.05, 0) is 35.9 Å². The van der Waals surface area contributed by atoms with E-state index in [-0.39, 0.29) is 5.56 Å². The summed E-state index contributed by atoms with van der Waals surface area (Å²) in [6, 6.07) is 7.11. The average molecular weight is 257 g/mol. The molecule has 1 aromatic heterocycles. The Hall–Kier alpha value is -1.39. The van der Waals surface area contributed by atoms with E-state index in [4.69, 9.17) is 16.7 Å². The molecule has 5 heteroatoms. The molecule has 0 radical (unpaired) electrons. The van der Waals surface area contributed by atoms with Crippen LogP contribution < -0.4 is 0 Å². The topological polar surface area (TPSA) is 37.3 Å². The van der Waals surface area contributed by atoms with Crippen molar-refractivity contribution in [3.05, 3.63) is 46.0 Å². The maximum absolute atomic E-state index is 13.2. The first-order valence-corrected chi connectivity index (χ1v) is 5.55. The van der Waals surface area contributed by atoms with E-state index in [9.17, 15) is 9.18 Å². The first kappa shape index (κ1) is 11.1. The summed E-state index contributed by atoms with van der Waals surface area (Å²) in [5.74, 6) is -1.72. The van der Waals surface area contributed by atoms with Crippen LogP contribution in [0.1, 0.15) is 10.4 Å². The Morgan fingerprint density at radius 2 is 2.06 bits per heavy atom. The molecule has 0 bridgehead atoms. The number of aromatic carboxylic acids is 1. The number of hydrogen-bond donors (Lipinski definition) is 1. The highest BCUT2D eigenvalue weighted by molar-refractivity contribution is 7.19. The molecule has 0 spiro atoms. The second kappa shape index (κ2) is 4.23. The van der Waals surface area contributed by atoms with Gasteiger partial charge in [-0.3, -0.25) is 0 Å². The highest BCUT2D eigenvalue weighted by Gasteiger charge is 2.09. The number of thiophene rings is 1. The zero-order valence-electron chi connectivity index (χ0n) is 7.91. The lowest BCUT2D eigenvalue weighted by Gasteiger charge is -2.00. The summed E-state index contributed by atoms with van der Waals surface area (Å²) in [6.45, 7) is 0. The van der Waals surface area contributed by atoms with E-state index in [2.05, 4.69) is 0 Å². The van der Waals surface area contributed by atoms with Crippen LogP contribution >= 0.6 is 22.9 Å². The van der Waals surface area contributed by atoms with Gasteiger partial charge in [-0.2, -0.15) is 0 Å². The van der Waals surface area contributed by atoms with Gasteiger partial charge in [-0.1, -0.05) is 11.6 Å². The van der Waals surface area contributed by atoms with Crippen LogP contribution in [0.15, 0.2) is 30.3 Å². The van der Waals surface area contributed by atoms with Crippen LogP contribution in [0.25, 0.3) is 10.4 Å². The molecule has 0 atom stereocenters. The highest BCUT2D eigenvalue weighted by Crippen LogP contribution is 2.31. The van der Waals surface area contributed by atoms with Gasteiger partial charge in [0.2, 0.25) is 0 Å². The molecular formula is C11H6ClFO2S. The fourth-order valence-corrected chi connectivity index (χ4v) is 2.36. The second-order valence-corrected chi connectivity index (χ2v) is 4.85. The summed E-state index contributed by atoms with van der Waals surface area (Å²) in [4.78, 5) is 11.5. The van der Waals surface area contributed by atoms with E-state index in [1.807, 2.05) is 0 Å². The van der Waals surface area contributed by atoms with Crippen molar-refractivity contribution in [2.45, 2.75) is 0 Å². The molecule has 0 aliphatic carbocycles. The molecule has 1 aromatic carbocycles. The summed E-state index contributed by atoms with van der Waals surface area (Å²) in [7, 11) is 0. The van der Waals surface area contributed by atoms with Crippen molar-refractivity contribution in [3.8, 4) is 10.4 Å². The minimum Gasteiger partial charge on any atom is -0.478 e. The first-order chi connectivity index (χ1) is 7.56. The summed E-state index contributed by atoms with van der Waals surface area (Å²) < 4.78 is 13.8. The minimum absolute atomic E-state index is 0.0699. The Morgan fingerprint density at radius 3 is 2.62 bits per heavy atom. The van der Waals surface area contributed by atoms with E-state index in [1.165, 1.54) is 23.5 Å². The summed E-state index contributed by atoms with van der Waals surface area (Å²) >= 11 is 7.04. The number of carbonyl (C=O) groups is 1. The lowest BCUT2D eigenvalue weighted by Crippen LogP contribution is -1.97. The van der Waals surface area contributed by atoms with E-state index in [0.29, 0.717) is 9.90 Å². The molecule has 0 saturated heterocycles. The van der Waals surface area contributed by atoms with Crippen molar-refractivity contribution in [2.75, 3.05) is 0 Å². The summed E-state index contributed by atoms with van der Waals surface area (Å²) in [5, 5.41) is 8.80. The third-order valence-corrected chi connectivity index (χ3v) is 3.28. The minimum atomic E-state index is -1.15. The van der Waals surface area contributed by atoms with Crippen molar-refractivity contribution in [2.24, 2.45) is 0 Å². The second-order valence-electron chi connectivity index (χ2n) is 3.14. The monoisotopic (exact) mass is 256 g/mol. The molecule has 0 aliphatic rings. The Kier molecular flexibility index (Phi) is 2.94. The van der Waals surface area contributed by atoms with Crippen molar-refractivity contribution in [3.63, 3.8) is 0 Å². The van der Waals surface area contributed by atoms with Gasteiger partial charge in [0.25, 0.3) is 0 Å². The number of carboxylic acids is 1. The first-order valence-electron chi connectivity index (χ1n) is 4.36. The molecule has 0 amide bonds. The predicted octanol–water partition coefficient (Wildman–Crippen LogP) is 3.91. The van der Waals surface area contributed by atoms with Crippen LogP contribution in [0.2, 0.25) is 4.34 Å². The van der Waals surface area contributed by atoms with Gasteiger partial charge < -0.3 is 5.11 Å². The van der Waals surface area contributed by atoms with Crippen molar-refractivity contribution < 1.29 is 14.3 Å². The molecular weight excluding hydrogens is 251 g/mol. The zero-order chi connectivity index (χ0) is 11.7. The Morgan fingerprint density at radius 1 is 1.31 bits per heavy atom. The molecule has 2 rings (SSSR count). The SMILES string of the molecule is O=C(O)c1cc(F)cc(-c2ccc(Cl)s2)c1. The Balaban J connectivity index is 2.53. The number of halogens is 2. The number of carboxylic acid groups (broad SMARTS) is 1.